The molecule has 0 radical (unpaired) electrons. The highest BCUT2D eigenvalue weighted by atomic mass is 16.5. The zero-order valence-electron chi connectivity index (χ0n) is 10.4. The fourth-order valence-electron chi connectivity index (χ4n) is 3.04. The lowest BCUT2D eigenvalue weighted by Gasteiger charge is -2.45. The molecule has 1 aliphatic carbocycles. The maximum Gasteiger partial charge on any atom is 0.0807 e. The highest BCUT2D eigenvalue weighted by Crippen LogP contribution is 2.42. The molecule has 88 valence electrons. The molecule has 0 bridgehead atoms. The molecule has 1 aliphatic heterocycles. The quantitative estimate of drug-likeness (QED) is 0.665. The summed E-state index contributed by atoms with van der Waals surface area (Å²) in [7, 11) is 0. The van der Waals surface area contributed by atoms with Crippen molar-refractivity contribution in [2.75, 3.05) is 19.7 Å². The van der Waals surface area contributed by atoms with Crippen molar-refractivity contribution in [3.8, 4) is 0 Å². The zero-order chi connectivity index (χ0) is 10.9. The Kier molecular flexibility index (Phi) is 3.09. The van der Waals surface area contributed by atoms with Crippen LogP contribution in [-0.4, -0.2) is 25.3 Å². The second kappa shape index (κ2) is 4.06. The molecule has 1 spiro atoms. The molecule has 2 nitrogen and oxygen atoms in total. The van der Waals surface area contributed by atoms with Gasteiger partial charge in [-0.25, -0.2) is 0 Å². The highest BCUT2D eigenvalue weighted by Gasteiger charge is 2.40. The normalized spacial score (nSPS) is 38.2. The Morgan fingerprint density at radius 3 is 2.33 bits per heavy atom. The van der Waals surface area contributed by atoms with E-state index in [4.69, 9.17) is 4.74 Å². The smallest absolute Gasteiger partial charge is 0.0807 e. The molecule has 0 atom stereocenters. The van der Waals surface area contributed by atoms with Crippen molar-refractivity contribution in [1.29, 1.82) is 0 Å². The van der Waals surface area contributed by atoms with Crippen molar-refractivity contribution in [2.45, 2.75) is 52.1 Å². The van der Waals surface area contributed by atoms with Crippen molar-refractivity contribution in [3.63, 3.8) is 0 Å². The Labute approximate surface area is 93.8 Å². The van der Waals surface area contributed by atoms with Crippen molar-refractivity contribution >= 4 is 0 Å². The summed E-state index contributed by atoms with van der Waals surface area (Å²) in [5.74, 6) is 0.883. The van der Waals surface area contributed by atoms with E-state index >= 15 is 0 Å². The summed E-state index contributed by atoms with van der Waals surface area (Å²) >= 11 is 0. The fraction of sp³-hybridized carbons (Fsp3) is 1.00. The lowest BCUT2D eigenvalue weighted by atomic mass is 9.68. The topological polar surface area (TPSA) is 21.3 Å². The van der Waals surface area contributed by atoms with Gasteiger partial charge >= 0.3 is 0 Å². The van der Waals surface area contributed by atoms with Crippen molar-refractivity contribution < 1.29 is 4.74 Å². The SMILES string of the molecule is CC(C)(C)C1CCC2(CC1)CNCCO2. The Balaban J connectivity index is 1.91. The first-order valence-corrected chi connectivity index (χ1v) is 6.37. The molecule has 2 rings (SSSR count). The molecule has 0 aromatic heterocycles. The minimum absolute atomic E-state index is 0.194. The van der Waals surface area contributed by atoms with Crippen molar-refractivity contribution in [2.24, 2.45) is 11.3 Å². The van der Waals surface area contributed by atoms with E-state index in [-0.39, 0.29) is 5.60 Å². The van der Waals surface area contributed by atoms with Gasteiger partial charge in [-0.3, -0.25) is 0 Å². The van der Waals surface area contributed by atoms with Crippen LogP contribution in [0.25, 0.3) is 0 Å². The predicted octanol–water partition coefficient (Wildman–Crippen LogP) is 2.58. The second-order valence-electron chi connectivity index (χ2n) is 6.35. The van der Waals surface area contributed by atoms with Crippen LogP contribution in [0.5, 0.6) is 0 Å². The van der Waals surface area contributed by atoms with Crippen LogP contribution in [0.1, 0.15) is 46.5 Å². The van der Waals surface area contributed by atoms with Gasteiger partial charge in [-0.1, -0.05) is 20.8 Å². The molecule has 2 aliphatic rings. The number of rotatable bonds is 0. The van der Waals surface area contributed by atoms with Crippen molar-refractivity contribution in [1.82, 2.24) is 5.32 Å². The Bertz CT molecular complexity index is 203. The largest absolute Gasteiger partial charge is 0.372 e. The number of nitrogens with one attached hydrogen (secondary N) is 1. The Morgan fingerprint density at radius 2 is 1.87 bits per heavy atom. The molecule has 1 saturated carbocycles. The first-order chi connectivity index (χ1) is 7.02. The van der Waals surface area contributed by atoms with Crippen LogP contribution in [0.2, 0.25) is 0 Å². The third-order valence-electron chi connectivity index (χ3n) is 4.26. The summed E-state index contributed by atoms with van der Waals surface area (Å²) in [6.45, 7) is 10.1. The summed E-state index contributed by atoms with van der Waals surface area (Å²) in [5, 5.41) is 3.47. The monoisotopic (exact) mass is 211 g/mol. The number of hydrogen-bond acceptors (Lipinski definition) is 2. The average Bonchev–Trinajstić information content (AvgIpc) is 2.18. The van der Waals surface area contributed by atoms with Gasteiger partial charge in [-0.05, 0) is 37.0 Å². The molecule has 1 N–H and O–H groups in total. The molecule has 1 saturated heterocycles. The molecule has 2 fully saturated rings. The standard InChI is InChI=1S/C13H25NO/c1-12(2,3)11-4-6-13(7-5-11)10-14-8-9-15-13/h11,14H,4-10H2,1-3H3. The van der Waals surface area contributed by atoms with Gasteiger partial charge in [-0.15, -0.1) is 0 Å². The molecule has 0 aromatic carbocycles. The minimum Gasteiger partial charge on any atom is -0.372 e. The van der Waals surface area contributed by atoms with E-state index in [1.807, 2.05) is 0 Å². The summed E-state index contributed by atoms with van der Waals surface area (Å²) < 4.78 is 6.00. The lowest BCUT2D eigenvalue weighted by molar-refractivity contribution is -0.101. The van der Waals surface area contributed by atoms with Gasteiger partial charge < -0.3 is 10.1 Å². The number of morpholine rings is 1. The van der Waals surface area contributed by atoms with E-state index in [1.54, 1.807) is 0 Å². The fourth-order valence-corrected chi connectivity index (χ4v) is 3.04. The maximum absolute atomic E-state index is 6.00. The van der Waals surface area contributed by atoms with Crippen LogP contribution in [0.15, 0.2) is 0 Å². The first kappa shape index (κ1) is 11.4. The highest BCUT2D eigenvalue weighted by molar-refractivity contribution is 4.93. The molecule has 1 heterocycles. The third kappa shape index (κ3) is 2.54. The molecule has 2 heteroatoms. The van der Waals surface area contributed by atoms with E-state index in [2.05, 4.69) is 26.1 Å². The summed E-state index contributed by atoms with van der Waals surface area (Å²) in [4.78, 5) is 0. The molecule has 0 aromatic rings. The number of hydrogen-bond donors (Lipinski definition) is 1. The van der Waals surface area contributed by atoms with Gasteiger partial charge in [-0.2, -0.15) is 0 Å². The first-order valence-electron chi connectivity index (χ1n) is 6.37. The number of ether oxygens (including phenoxy) is 1. The maximum atomic E-state index is 6.00. The van der Waals surface area contributed by atoms with Crippen LogP contribution in [0, 0.1) is 11.3 Å². The van der Waals surface area contributed by atoms with Gasteiger partial charge in [0, 0.05) is 13.1 Å². The van der Waals surface area contributed by atoms with Gasteiger partial charge in [0.15, 0.2) is 0 Å². The van der Waals surface area contributed by atoms with Gasteiger partial charge in [0.25, 0.3) is 0 Å². The summed E-state index contributed by atoms with van der Waals surface area (Å²) in [6, 6.07) is 0. The molecular weight excluding hydrogens is 186 g/mol. The van der Waals surface area contributed by atoms with E-state index in [0.717, 1.165) is 25.6 Å². The molecular formula is C13H25NO. The van der Waals surface area contributed by atoms with E-state index in [0.29, 0.717) is 5.41 Å². The van der Waals surface area contributed by atoms with Crippen LogP contribution >= 0.6 is 0 Å². The van der Waals surface area contributed by atoms with E-state index in [9.17, 15) is 0 Å². The van der Waals surface area contributed by atoms with Gasteiger partial charge in [0.1, 0.15) is 0 Å². The van der Waals surface area contributed by atoms with E-state index in [1.165, 1.54) is 25.7 Å². The Hall–Kier alpha value is -0.0800. The average molecular weight is 211 g/mol. The van der Waals surface area contributed by atoms with Crippen LogP contribution in [0.4, 0.5) is 0 Å². The third-order valence-corrected chi connectivity index (χ3v) is 4.26. The summed E-state index contributed by atoms with van der Waals surface area (Å²) in [6.07, 6.45) is 5.18. The molecule has 0 amide bonds. The summed E-state index contributed by atoms with van der Waals surface area (Å²) in [5.41, 5.74) is 0.670. The van der Waals surface area contributed by atoms with Gasteiger partial charge in [0.2, 0.25) is 0 Å². The zero-order valence-corrected chi connectivity index (χ0v) is 10.4. The van der Waals surface area contributed by atoms with Crippen LogP contribution < -0.4 is 5.32 Å². The van der Waals surface area contributed by atoms with Crippen LogP contribution in [-0.2, 0) is 4.74 Å². The molecule has 0 unspecified atom stereocenters. The van der Waals surface area contributed by atoms with E-state index < -0.39 is 0 Å². The van der Waals surface area contributed by atoms with Gasteiger partial charge in [0.05, 0.1) is 12.2 Å². The lowest BCUT2D eigenvalue weighted by Crippen LogP contribution is -2.52. The molecule has 15 heavy (non-hydrogen) atoms. The second-order valence-corrected chi connectivity index (χ2v) is 6.35. The van der Waals surface area contributed by atoms with Crippen LogP contribution in [0.3, 0.4) is 0 Å². The minimum atomic E-state index is 0.194. The van der Waals surface area contributed by atoms with Crippen molar-refractivity contribution in [3.05, 3.63) is 0 Å². The predicted molar refractivity (Wildman–Crippen MR) is 63.0 cm³/mol. The Morgan fingerprint density at radius 1 is 1.20 bits per heavy atom.